The molecular weight excluding hydrogens is 262 g/mol. The summed E-state index contributed by atoms with van der Waals surface area (Å²) >= 11 is 0. The number of ether oxygens (including phenoxy) is 2. The SMILES string of the molecule is CCCCOCCC(CNCC)Cc1cccc(OC)c1. The Morgan fingerprint density at radius 2 is 2.05 bits per heavy atom. The molecule has 0 aliphatic heterocycles. The zero-order valence-corrected chi connectivity index (χ0v) is 13.9. The van der Waals surface area contributed by atoms with E-state index in [4.69, 9.17) is 9.47 Å². The van der Waals surface area contributed by atoms with E-state index in [1.807, 2.05) is 6.07 Å². The maximum Gasteiger partial charge on any atom is 0.119 e. The highest BCUT2D eigenvalue weighted by Crippen LogP contribution is 2.17. The molecule has 0 amide bonds. The predicted octanol–water partition coefficient (Wildman–Crippen LogP) is 3.67. The summed E-state index contributed by atoms with van der Waals surface area (Å²) < 4.78 is 11.0. The molecule has 0 saturated carbocycles. The molecule has 3 nitrogen and oxygen atoms in total. The van der Waals surface area contributed by atoms with Crippen LogP contribution in [0, 0.1) is 5.92 Å². The summed E-state index contributed by atoms with van der Waals surface area (Å²) in [7, 11) is 1.72. The Hall–Kier alpha value is -1.06. The van der Waals surface area contributed by atoms with E-state index < -0.39 is 0 Å². The molecule has 0 fully saturated rings. The Morgan fingerprint density at radius 3 is 2.76 bits per heavy atom. The van der Waals surface area contributed by atoms with Gasteiger partial charge in [0.05, 0.1) is 7.11 Å². The van der Waals surface area contributed by atoms with Crippen LogP contribution in [0.2, 0.25) is 0 Å². The first kappa shape index (κ1) is 18.0. The van der Waals surface area contributed by atoms with Crippen molar-refractivity contribution in [3.8, 4) is 5.75 Å². The molecule has 1 rings (SSSR count). The molecule has 1 aromatic rings. The summed E-state index contributed by atoms with van der Waals surface area (Å²) in [6, 6.07) is 8.38. The first-order valence-corrected chi connectivity index (χ1v) is 8.21. The van der Waals surface area contributed by atoms with Crippen LogP contribution >= 0.6 is 0 Å². The van der Waals surface area contributed by atoms with Gasteiger partial charge in [-0.05, 0) is 56.0 Å². The largest absolute Gasteiger partial charge is 0.497 e. The fraction of sp³-hybridized carbons (Fsp3) is 0.667. The lowest BCUT2D eigenvalue weighted by Gasteiger charge is -2.18. The Labute approximate surface area is 130 Å². The van der Waals surface area contributed by atoms with E-state index in [-0.39, 0.29) is 0 Å². The standard InChI is InChI=1S/C18H31NO2/c1-4-6-11-21-12-10-17(15-19-5-2)13-16-8-7-9-18(14-16)20-3/h7-9,14,17,19H,4-6,10-13,15H2,1-3H3. The lowest BCUT2D eigenvalue weighted by Crippen LogP contribution is -2.25. The molecule has 0 aliphatic rings. The van der Waals surface area contributed by atoms with Crippen molar-refractivity contribution in [1.82, 2.24) is 5.32 Å². The summed E-state index contributed by atoms with van der Waals surface area (Å²) in [5, 5.41) is 3.46. The van der Waals surface area contributed by atoms with Crippen LogP contribution < -0.4 is 10.1 Å². The Balaban J connectivity index is 2.43. The lowest BCUT2D eigenvalue weighted by molar-refractivity contribution is 0.117. The van der Waals surface area contributed by atoms with E-state index in [1.54, 1.807) is 7.11 Å². The lowest BCUT2D eigenvalue weighted by atomic mass is 9.96. The van der Waals surface area contributed by atoms with Crippen molar-refractivity contribution in [3.63, 3.8) is 0 Å². The Kier molecular flexibility index (Phi) is 9.92. The van der Waals surface area contributed by atoms with Gasteiger partial charge in [-0.25, -0.2) is 0 Å². The van der Waals surface area contributed by atoms with Gasteiger partial charge in [0.25, 0.3) is 0 Å². The van der Waals surface area contributed by atoms with Crippen molar-refractivity contribution in [2.24, 2.45) is 5.92 Å². The fourth-order valence-electron chi connectivity index (χ4n) is 2.36. The van der Waals surface area contributed by atoms with Crippen molar-refractivity contribution in [2.45, 2.75) is 39.5 Å². The van der Waals surface area contributed by atoms with Gasteiger partial charge in [-0.1, -0.05) is 32.4 Å². The first-order chi connectivity index (χ1) is 10.3. The maximum atomic E-state index is 5.71. The van der Waals surface area contributed by atoms with Crippen LogP contribution in [-0.2, 0) is 11.2 Å². The molecule has 3 heteroatoms. The van der Waals surface area contributed by atoms with Gasteiger partial charge in [-0.2, -0.15) is 0 Å². The molecule has 0 radical (unpaired) electrons. The summed E-state index contributed by atoms with van der Waals surface area (Å²) in [6.07, 6.45) is 4.54. The van der Waals surface area contributed by atoms with E-state index in [0.29, 0.717) is 5.92 Å². The molecule has 120 valence electrons. The molecule has 0 spiro atoms. The highest BCUT2D eigenvalue weighted by molar-refractivity contribution is 5.28. The van der Waals surface area contributed by atoms with Gasteiger partial charge < -0.3 is 14.8 Å². The van der Waals surface area contributed by atoms with Crippen LogP contribution in [0.15, 0.2) is 24.3 Å². The number of hydrogen-bond donors (Lipinski definition) is 1. The van der Waals surface area contributed by atoms with E-state index in [0.717, 1.165) is 51.3 Å². The fourth-order valence-corrected chi connectivity index (χ4v) is 2.36. The minimum absolute atomic E-state index is 0.610. The third-order valence-corrected chi connectivity index (χ3v) is 3.65. The molecule has 21 heavy (non-hydrogen) atoms. The monoisotopic (exact) mass is 293 g/mol. The molecule has 0 aromatic heterocycles. The van der Waals surface area contributed by atoms with Crippen LogP contribution in [0.4, 0.5) is 0 Å². The third kappa shape index (κ3) is 8.08. The molecular formula is C18H31NO2. The molecule has 1 unspecified atom stereocenters. The summed E-state index contributed by atoms with van der Waals surface area (Å²) in [5.41, 5.74) is 1.34. The molecule has 1 N–H and O–H groups in total. The topological polar surface area (TPSA) is 30.5 Å². The number of unbranched alkanes of at least 4 members (excludes halogenated alkanes) is 1. The predicted molar refractivity (Wildman–Crippen MR) is 89.1 cm³/mol. The Morgan fingerprint density at radius 1 is 1.19 bits per heavy atom. The minimum atomic E-state index is 0.610. The summed E-state index contributed by atoms with van der Waals surface area (Å²) in [4.78, 5) is 0. The average molecular weight is 293 g/mol. The van der Waals surface area contributed by atoms with Crippen LogP contribution in [0.3, 0.4) is 0 Å². The second-order valence-electron chi connectivity index (χ2n) is 5.48. The highest BCUT2D eigenvalue weighted by atomic mass is 16.5. The van der Waals surface area contributed by atoms with Gasteiger partial charge in [0.1, 0.15) is 5.75 Å². The van der Waals surface area contributed by atoms with Gasteiger partial charge >= 0.3 is 0 Å². The van der Waals surface area contributed by atoms with E-state index in [1.165, 1.54) is 12.0 Å². The molecule has 0 aliphatic carbocycles. The minimum Gasteiger partial charge on any atom is -0.497 e. The van der Waals surface area contributed by atoms with E-state index in [2.05, 4.69) is 37.4 Å². The van der Waals surface area contributed by atoms with Crippen molar-refractivity contribution in [2.75, 3.05) is 33.4 Å². The van der Waals surface area contributed by atoms with Gasteiger partial charge in [0.15, 0.2) is 0 Å². The first-order valence-electron chi connectivity index (χ1n) is 8.21. The number of nitrogens with one attached hydrogen (secondary N) is 1. The number of rotatable bonds is 12. The molecule has 1 aromatic carbocycles. The zero-order chi connectivity index (χ0) is 15.3. The average Bonchev–Trinajstić information content (AvgIpc) is 2.52. The quantitative estimate of drug-likeness (QED) is 0.596. The van der Waals surface area contributed by atoms with Gasteiger partial charge in [-0.3, -0.25) is 0 Å². The van der Waals surface area contributed by atoms with Gasteiger partial charge in [0, 0.05) is 13.2 Å². The second-order valence-corrected chi connectivity index (χ2v) is 5.48. The zero-order valence-electron chi connectivity index (χ0n) is 13.9. The molecule has 1 atom stereocenters. The molecule has 0 bridgehead atoms. The smallest absolute Gasteiger partial charge is 0.119 e. The number of methoxy groups -OCH3 is 1. The molecule has 0 saturated heterocycles. The normalized spacial score (nSPS) is 12.3. The van der Waals surface area contributed by atoms with Crippen LogP contribution in [0.25, 0.3) is 0 Å². The summed E-state index contributed by atoms with van der Waals surface area (Å²) in [5.74, 6) is 1.55. The van der Waals surface area contributed by atoms with Crippen molar-refractivity contribution < 1.29 is 9.47 Å². The van der Waals surface area contributed by atoms with E-state index in [9.17, 15) is 0 Å². The molecule has 0 heterocycles. The van der Waals surface area contributed by atoms with Crippen molar-refractivity contribution in [1.29, 1.82) is 0 Å². The number of hydrogen-bond acceptors (Lipinski definition) is 3. The van der Waals surface area contributed by atoms with Gasteiger partial charge in [0.2, 0.25) is 0 Å². The third-order valence-electron chi connectivity index (χ3n) is 3.65. The second kappa shape index (κ2) is 11.6. The highest BCUT2D eigenvalue weighted by Gasteiger charge is 2.10. The van der Waals surface area contributed by atoms with Crippen molar-refractivity contribution >= 4 is 0 Å². The van der Waals surface area contributed by atoms with Crippen LogP contribution in [-0.4, -0.2) is 33.4 Å². The van der Waals surface area contributed by atoms with Crippen LogP contribution in [0.1, 0.15) is 38.7 Å². The maximum absolute atomic E-state index is 5.71. The van der Waals surface area contributed by atoms with Crippen LogP contribution in [0.5, 0.6) is 5.75 Å². The van der Waals surface area contributed by atoms with E-state index >= 15 is 0 Å². The summed E-state index contributed by atoms with van der Waals surface area (Å²) in [6.45, 7) is 8.17. The number of benzene rings is 1. The van der Waals surface area contributed by atoms with Crippen molar-refractivity contribution in [3.05, 3.63) is 29.8 Å². The Bertz CT molecular complexity index is 368. The van der Waals surface area contributed by atoms with Gasteiger partial charge in [-0.15, -0.1) is 0 Å².